The predicted octanol–water partition coefficient (Wildman–Crippen LogP) is 3.89. The minimum absolute atomic E-state index is 0.0943. The maximum absolute atomic E-state index is 9.02. The van der Waals surface area contributed by atoms with Crippen LogP contribution in [0.25, 0.3) is 28.3 Å². The average molecular weight is 389 g/mol. The standard InChI is InChI=1S/C23H23N3O3/c1-28-21-10-6-18(7-11-21)17-4-8-20(9-5-17)26-16-19(15-24-12-13-27)23(25-26)22-3-2-14-29-22/h2-11,14,16,24,27H,12-13,15H2,1H3. The highest BCUT2D eigenvalue weighted by Crippen LogP contribution is 2.26. The topological polar surface area (TPSA) is 72.5 Å². The summed E-state index contributed by atoms with van der Waals surface area (Å²) in [6.45, 7) is 1.22. The molecule has 29 heavy (non-hydrogen) atoms. The Morgan fingerprint density at radius 1 is 1.03 bits per heavy atom. The van der Waals surface area contributed by atoms with Gasteiger partial charge in [-0.25, -0.2) is 4.68 Å². The van der Waals surface area contributed by atoms with Crippen LogP contribution in [0.5, 0.6) is 5.75 Å². The Hall–Kier alpha value is -3.35. The third-order valence-corrected chi connectivity index (χ3v) is 4.70. The highest BCUT2D eigenvalue weighted by Gasteiger charge is 2.14. The van der Waals surface area contributed by atoms with Gasteiger partial charge in [-0.15, -0.1) is 0 Å². The second kappa shape index (κ2) is 8.77. The maximum Gasteiger partial charge on any atom is 0.154 e. The first-order valence-electron chi connectivity index (χ1n) is 9.47. The molecule has 6 heteroatoms. The Bertz CT molecular complexity index is 1040. The molecule has 0 unspecified atom stereocenters. The average Bonchev–Trinajstić information content (AvgIpc) is 3.44. The molecule has 2 heterocycles. The van der Waals surface area contributed by atoms with Crippen molar-refractivity contribution < 1.29 is 14.3 Å². The molecule has 0 fully saturated rings. The number of nitrogens with zero attached hydrogens (tertiary/aromatic N) is 2. The molecule has 0 spiro atoms. The summed E-state index contributed by atoms with van der Waals surface area (Å²) >= 11 is 0. The third-order valence-electron chi connectivity index (χ3n) is 4.70. The number of rotatable bonds is 8. The molecule has 2 aromatic carbocycles. The summed E-state index contributed by atoms with van der Waals surface area (Å²) in [4.78, 5) is 0. The number of benzene rings is 2. The van der Waals surface area contributed by atoms with Crippen LogP contribution < -0.4 is 10.1 Å². The lowest BCUT2D eigenvalue weighted by Crippen LogP contribution is -2.17. The number of furan rings is 1. The molecular weight excluding hydrogens is 366 g/mol. The van der Waals surface area contributed by atoms with Gasteiger partial charge in [0.15, 0.2) is 5.76 Å². The predicted molar refractivity (Wildman–Crippen MR) is 112 cm³/mol. The highest BCUT2D eigenvalue weighted by molar-refractivity contribution is 5.65. The first-order chi connectivity index (χ1) is 14.3. The van der Waals surface area contributed by atoms with Gasteiger partial charge in [-0.05, 0) is 47.5 Å². The number of hydrogen-bond donors (Lipinski definition) is 2. The molecule has 0 bridgehead atoms. The van der Waals surface area contributed by atoms with Gasteiger partial charge in [0, 0.05) is 24.8 Å². The molecule has 4 aromatic rings. The highest BCUT2D eigenvalue weighted by atomic mass is 16.5. The quantitative estimate of drug-likeness (QED) is 0.447. The molecule has 0 radical (unpaired) electrons. The molecule has 0 saturated carbocycles. The molecule has 6 nitrogen and oxygen atoms in total. The summed E-state index contributed by atoms with van der Waals surface area (Å²) < 4.78 is 12.6. The van der Waals surface area contributed by atoms with E-state index in [0.29, 0.717) is 13.1 Å². The van der Waals surface area contributed by atoms with Crippen molar-refractivity contribution in [2.45, 2.75) is 6.54 Å². The van der Waals surface area contributed by atoms with E-state index in [1.807, 2.05) is 59.4 Å². The fourth-order valence-corrected chi connectivity index (χ4v) is 3.18. The number of aliphatic hydroxyl groups excluding tert-OH is 1. The fraction of sp³-hybridized carbons (Fsp3) is 0.174. The van der Waals surface area contributed by atoms with E-state index in [2.05, 4.69) is 17.4 Å². The van der Waals surface area contributed by atoms with Gasteiger partial charge in [-0.1, -0.05) is 24.3 Å². The van der Waals surface area contributed by atoms with E-state index in [1.165, 1.54) is 0 Å². The molecule has 0 amide bonds. The molecule has 2 aromatic heterocycles. The van der Waals surface area contributed by atoms with E-state index in [-0.39, 0.29) is 6.61 Å². The zero-order chi connectivity index (χ0) is 20.1. The zero-order valence-electron chi connectivity index (χ0n) is 16.2. The number of methoxy groups -OCH3 is 1. The summed E-state index contributed by atoms with van der Waals surface area (Å²) in [7, 11) is 1.67. The Morgan fingerprint density at radius 2 is 1.76 bits per heavy atom. The Balaban J connectivity index is 1.61. The van der Waals surface area contributed by atoms with Crippen molar-refractivity contribution in [1.82, 2.24) is 15.1 Å². The number of nitrogens with one attached hydrogen (secondary N) is 1. The monoisotopic (exact) mass is 389 g/mol. The van der Waals surface area contributed by atoms with E-state index in [4.69, 9.17) is 19.4 Å². The third kappa shape index (κ3) is 4.23. The largest absolute Gasteiger partial charge is 0.497 e. The van der Waals surface area contributed by atoms with Gasteiger partial charge >= 0.3 is 0 Å². The molecule has 2 N–H and O–H groups in total. The van der Waals surface area contributed by atoms with Gasteiger partial charge in [0.25, 0.3) is 0 Å². The molecule has 0 aliphatic heterocycles. The Kier molecular flexibility index (Phi) is 5.74. The molecule has 0 aliphatic rings. The van der Waals surface area contributed by atoms with E-state index in [1.54, 1.807) is 13.4 Å². The van der Waals surface area contributed by atoms with Crippen LogP contribution in [0.2, 0.25) is 0 Å². The van der Waals surface area contributed by atoms with E-state index in [9.17, 15) is 0 Å². The van der Waals surface area contributed by atoms with Crippen LogP contribution in [-0.2, 0) is 6.54 Å². The van der Waals surface area contributed by atoms with Crippen molar-refractivity contribution >= 4 is 0 Å². The van der Waals surface area contributed by atoms with Crippen LogP contribution in [0.4, 0.5) is 0 Å². The second-order valence-electron chi connectivity index (χ2n) is 6.60. The number of aliphatic hydroxyl groups is 1. The van der Waals surface area contributed by atoms with Crippen molar-refractivity contribution in [3.05, 3.63) is 78.7 Å². The fourth-order valence-electron chi connectivity index (χ4n) is 3.18. The van der Waals surface area contributed by atoms with Gasteiger partial charge in [0.05, 0.1) is 25.7 Å². The Labute approximate surface area is 169 Å². The summed E-state index contributed by atoms with van der Waals surface area (Å²) in [6, 6.07) is 20.0. The summed E-state index contributed by atoms with van der Waals surface area (Å²) in [5.74, 6) is 1.56. The minimum Gasteiger partial charge on any atom is -0.497 e. The molecule has 4 rings (SSSR count). The molecule has 0 atom stereocenters. The molecule has 0 aliphatic carbocycles. The number of hydrogen-bond acceptors (Lipinski definition) is 5. The van der Waals surface area contributed by atoms with Crippen molar-refractivity contribution in [2.75, 3.05) is 20.3 Å². The summed E-state index contributed by atoms with van der Waals surface area (Å²) in [5.41, 5.74) is 5.01. The lowest BCUT2D eigenvalue weighted by molar-refractivity contribution is 0.292. The SMILES string of the molecule is COc1ccc(-c2ccc(-n3cc(CNCCO)c(-c4ccco4)n3)cc2)cc1. The Morgan fingerprint density at radius 3 is 2.38 bits per heavy atom. The van der Waals surface area contributed by atoms with E-state index < -0.39 is 0 Å². The van der Waals surface area contributed by atoms with E-state index in [0.717, 1.165) is 39.6 Å². The minimum atomic E-state index is 0.0943. The first-order valence-corrected chi connectivity index (χ1v) is 9.47. The zero-order valence-corrected chi connectivity index (χ0v) is 16.2. The van der Waals surface area contributed by atoms with Crippen molar-refractivity contribution in [1.29, 1.82) is 0 Å². The van der Waals surface area contributed by atoms with Crippen LogP contribution in [0.3, 0.4) is 0 Å². The van der Waals surface area contributed by atoms with Gasteiger partial charge in [-0.2, -0.15) is 5.10 Å². The van der Waals surface area contributed by atoms with Gasteiger partial charge in [0.2, 0.25) is 0 Å². The molecular formula is C23H23N3O3. The molecule has 0 saturated heterocycles. The van der Waals surface area contributed by atoms with Crippen molar-refractivity contribution in [2.24, 2.45) is 0 Å². The van der Waals surface area contributed by atoms with E-state index >= 15 is 0 Å². The van der Waals surface area contributed by atoms with Gasteiger partial charge in [0.1, 0.15) is 11.4 Å². The lowest BCUT2D eigenvalue weighted by atomic mass is 10.1. The first kappa shape index (κ1) is 19.0. The number of aromatic nitrogens is 2. The maximum atomic E-state index is 9.02. The van der Waals surface area contributed by atoms with Crippen molar-refractivity contribution in [3.8, 4) is 34.0 Å². The van der Waals surface area contributed by atoms with Crippen LogP contribution in [0.15, 0.2) is 77.5 Å². The normalized spacial score (nSPS) is 11.0. The smallest absolute Gasteiger partial charge is 0.154 e. The van der Waals surface area contributed by atoms with Crippen LogP contribution in [0, 0.1) is 0 Å². The molecule has 148 valence electrons. The van der Waals surface area contributed by atoms with Crippen LogP contribution in [0.1, 0.15) is 5.56 Å². The van der Waals surface area contributed by atoms with Gasteiger partial charge < -0.3 is 19.6 Å². The van der Waals surface area contributed by atoms with Crippen LogP contribution >= 0.6 is 0 Å². The number of ether oxygens (including phenoxy) is 1. The summed E-state index contributed by atoms with van der Waals surface area (Å²) in [6.07, 6.45) is 3.63. The lowest BCUT2D eigenvalue weighted by Gasteiger charge is -2.06. The van der Waals surface area contributed by atoms with Crippen molar-refractivity contribution in [3.63, 3.8) is 0 Å². The van der Waals surface area contributed by atoms with Gasteiger partial charge in [-0.3, -0.25) is 0 Å². The second-order valence-corrected chi connectivity index (χ2v) is 6.60. The van der Waals surface area contributed by atoms with Crippen LogP contribution in [-0.4, -0.2) is 35.1 Å². The summed E-state index contributed by atoms with van der Waals surface area (Å²) in [5, 5.41) is 17.0.